The van der Waals surface area contributed by atoms with E-state index in [0.717, 1.165) is 13.1 Å². The van der Waals surface area contributed by atoms with Gasteiger partial charge in [0.1, 0.15) is 0 Å². The molecule has 12 heavy (non-hydrogen) atoms. The van der Waals surface area contributed by atoms with E-state index in [9.17, 15) is 0 Å². The fraction of sp³-hybridized carbons (Fsp3) is 1.00. The Morgan fingerprint density at radius 3 is 2.83 bits per heavy atom. The number of nitrogens with zero attached hydrogens (tertiary/aromatic N) is 1. The Balaban J connectivity index is 2.33. The molecule has 0 amide bonds. The Hall–Kier alpha value is -0.120. The summed E-state index contributed by atoms with van der Waals surface area (Å²) in [4.78, 5) is 2.32. The van der Waals surface area contributed by atoms with Gasteiger partial charge in [-0.1, -0.05) is 6.92 Å². The second-order valence-electron chi connectivity index (χ2n) is 3.66. The van der Waals surface area contributed by atoms with Crippen LogP contribution in [0.4, 0.5) is 0 Å². The van der Waals surface area contributed by atoms with Crippen LogP contribution < -0.4 is 5.32 Å². The Kier molecular flexibility index (Phi) is 3.98. The summed E-state index contributed by atoms with van der Waals surface area (Å²) in [6.07, 6.45) is 1.22. The van der Waals surface area contributed by atoms with Gasteiger partial charge in [0.25, 0.3) is 0 Å². The highest BCUT2D eigenvalue weighted by molar-refractivity contribution is 4.83. The van der Waals surface area contributed by atoms with E-state index in [2.05, 4.69) is 24.2 Å². The summed E-state index contributed by atoms with van der Waals surface area (Å²) in [6, 6.07) is 0.306. The van der Waals surface area contributed by atoms with E-state index in [1.165, 1.54) is 13.0 Å². The summed E-state index contributed by atoms with van der Waals surface area (Å²) in [5, 5.41) is 12.4. The smallest absolute Gasteiger partial charge is 0.0587 e. The first-order valence-electron chi connectivity index (χ1n) is 4.80. The molecule has 1 aliphatic heterocycles. The molecule has 1 heterocycles. The number of rotatable bonds is 4. The number of likely N-dealkylation sites (tertiary alicyclic amines) is 1. The SMILES string of the molecule is CCNC(CO)C1CCN(C)C1. The Morgan fingerprint density at radius 2 is 2.42 bits per heavy atom. The molecule has 0 aliphatic carbocycles. The van der Waals surface area contributed by atoms with Gasteiger partial charge < -0.3 is 15.3 Å². The zero-order valence-electron chi connectivity index (χ0n) is 8.08. The van der Waals surface area contributed by atoms with Crippen molar-refractivity contribution >= 4 is 0 Å². The molecule has 0 radical (unpaired) electrons. The minimum atomic E-state index is 0.270. The summed E-state index contributed by atoms with van der Waals surface area (Å²) in [5.41, 5.74) is 0. The van der Waals surface area contributed by atoms with Crippen LogP contribution in [0.5, 0.6) is 0 Å². The van der Waals surface area contributed by atoms with Gasteiger partial charge in [-0.2, -0.15) is 0 Å². The molecule has 1 rings (SSSR count). The second kappa shape index (κ2) is 4.80. The maximum atomic E-state index is 9.12. The van der Waals surface area contributed by atoms with Gasteiger partial charge in [0.2, 0.25) is 0 Å². The minimum Gasteiger partial charge on any atom is -0.395 e. The van der Waals surface area contributed by atoms with Crippen molar-refractivity contribution in [2.45, 2.75) is 19.4 Å². The molecule has 2 atom stereocenters. The van der Waals surface area contributed by atoms with Crippen molar-refractivity contribution in [1.29, 1.82) is 0 Å². The van der Waals surface area contributed by atoms with Crippen LogP contribution in [0.15, 0.2) is 0 Å². The molecule has 0 spiro atoms. The molecule has 1 aliphatic rings. The highest BCUT2D eigenvalue weighted by atomic mass is 16.3. The first-order chi connectivity index (χ1) is 5.77. The average Bonchev–Trinajstić information content (AvgIpc) is 2.47. The van der Waals surface area contributed by atoms with Gasteiger partial charge in [0.15, 0.2) is 0 Å². The lowest BCUT2D eigenvalue weighted by Crippen LogP contribution is -2.40. The van der Waals surface area contributed by atoms with E-state index < -0.39 is 0 Å². The molecule has 0 aromatic heterocycles. The molecule has 2 N–H and O–H groups in total. The fourth-order valence-corrected chi connectivity index (χ4v) is 1.94. The van der Waals surface area contributed by atoms with Gasteiger partial charge in [-0.25, -0.2) is 0 Å². The number of hydrogen-bond donors (Lipinski definition) is 2. The quantitative estimate of drug-likeness (QED) is 0.622. The van der Waals surface area contributed by atoms with Crippen molar-refractivity contribution < 1.29 is 5.11 Å². The number of hydrogen-bond acceptors (Lipinski definition) is 3. The lowest BCUT2D eigenvalue weighted by atomic mass is 10.00. The third-order valence-electron chi connectivity index (χ3n) is 2.66. The van der Waals surface area contributed by atoms with E-state index in [1.54, 1.807) is 0 Å². The maximum absolute atomic E-state index is 9.12. The van der Waals surface area contributed by atoms with Crippen LogP contribution in [0.1, 0.15) is 13.3 Å². The van der Waals surface area contributed by atoms with Crippen LogP contribution in [0.3, 0.4) is 0 Å². The van der Waals surface area contributed by atoms with E-state index >= 15 is 0 Å². The summed E-state index contributed by atoms with van der Waals surface area (Å²) in [6.45, 7) is 5.60. The van der Waals surface area contributed by atoms with Crippen LogP contribution in [-0.4, -0.2) is 49.3 Å². The van der Waals surface area contributed by atoms with Crippen LogP contribution in [-0.2, 0) is 0 Å². The average molecular weight is 172 g/mol. The number of aliphatic hydroxyl groups excluding tert-OH is 1. The molecule has 0 aromatic rings. The predicted molar refractivity (Wildman–Crippen MR) is 50.2 cm³/mol. The van der Waals surface area contributed by atoms with Crippen LogP contribution in [0, 0.1) is 5.92 Å². The van der Waals surface area contributed by atoms with Gasteiger partial charge in [0.05, 0.1) is 6.61 Å². The number of aliphatic hydroxyl groups is 1. The first kappa shape index (κ1) is 9.96. The highest BCUT2D eigenvalue weighted by Gasteiger charge is 2.26. The number of likely N-dealkylation sites (N-methyl/N-ethyl adjacent to an activating group) is 1. The van der Waals surface area contributed by atoms with Crippen LogP contribution >= 0.6 is 0 Å². The normalized spacial score (nSPS) is 27.8. The zero-order chi connectivity index (χ0) is 8.97. The first-order valence-corrected chi connectivity index (χ1v) is 4.80. The van der Waals surface area contributed by atoms with Crippen molar-refractivity contribution in [3.63, 3.8) is 0 Å². The molecule has 0 aromatic carbocycles. The Bertz CT molecular complexity index is 128. The van der Waals surface area contributed by atoms with Crippen molar-refractivity contribution in [2.24, 2.45) is 5.92 Å². The van der Waals surface area contributed by atoms with Gasteiger partial charge in [-0.05, 0) is 32.5 Å². The van der Waals surface area contributed by atoms with E-state index in [-0.39, 0.29) is 6.61 Å². The molecule has 3 nitrogen and oxygen atoms in total. The zero-order valence-corrected chi connectivity index (χ0v) is 8.08. The van der Waals surface area contributed by atoms with Gasteiger partial charge in [-0.15, -0.1) is 0 Å². The molecular weight excluding hydrogens is 152 g/mol. The summed E-state index contributed by atoms with van der Waals surface area (Å²) in [5.74, 6) is 0.639. The molecule has 1 fully saturated rings. The molecule has 0 saturated carbocycles. The predicted octanol–water partition coefficient (Wildman–Crippen LogP) is -0.0915. The van der Waals surface area contributed by atoms with Crippen LogP contribution in [0.2, 0.25) is 0 Å². The maximum Gasteiger partial charge on any atom is 0.0587 e. The topological polar surface area (TPSA) is 35.5 Å². The summed E-state index contributed by atoms with van der Waals surface area (Å²) in [7, 11) is 2.14. The van der Waals surface area contributed by atoms with E-state index in [0.29, 0.717) is 12.0 Å². The fourth-order valence-electron chi connectivity index (χ4n) is 1.94. The summed E-state index contributed by atoms with van der Waals surface area (Å²) < 4.78 is 0. The van der Waals surface area contributed by atoms with E-state index in [1.807, 2.05) is 0 Å². The minimum absolute atomic E-state index is 0.270. The third kappa shape index (κ3) is 2.44. The van der Waals surface area contributed by atoms with Crippen molar-refractivity contribution in [3.8, 4) is 0 Å². The largest absolute Gasteiger partial charge is 0.395 e. The van der Waals surface area contributed by atoms with Crippen molar-refractivity contribution in [2.75, 3.05) is 33.3 Å². The standard InChI is InChI=1S/C9H20N2O/c1-3-10-9(7-12)8-4-5-11(2)6-8/h8-10,12H,3-7H2,1-2H3. The highest BCUT2D eigenvalue weighted by Crippen LogP contribution is 2.17. The number of nitrogens with one attached hydrogen (secondary N) is 1. The summed E-state index contributed by atoms with van der Waals surface area (Å²) >= 11 is 0. The van der Waals surface area contributed by atoms with Crippen LogP contribution in [0.25, 0.3) is 0 Å². The molecular formula is C9H20N2O. The Morgan fingerprint density at radius 1 is 1.67 bits per heavy atom. The third-order valence-corrected chi connectivity index (χ3v) is 2.66. The molecule has 1 saturated heterocycles. The Labute approximate surface area is 74.8 Å². The van der Waals surface area contributed by atoms with Gasteiger partial charge >= 0.3 is 0 Å². The monoisotopic (exact) mass is 172 g/mol. The van der Waals surface area contributed by atoms with Gasteiger partial charge in [0, 0.05) is 12.6 Å². The molecule has 72 valence electrons. The lowest BCUT2D eigenvalue weighted by Gasteiger charge is -2.21. The van der Waals surface area contributed by atoms with E-state index in [4.69, 9.17) is 5.11 Å². The van der Waals surface area contributed by atoms with Crippen molar-refractivity contribution in [1.82, 2.24) is 10.2 Å². The lowest BCUT2D eigenvalue weighted by molar-refractivity contribution is 0.200. The van der Waals surface area contributed by atoms with Crippen molar-refractivity contribution in [3.05, 3.63) is 0 Å². The molecule has 2 unspecified atom stereocenters. The van der Waals surface area contributed by atoms with Gasteiger partial charge in [-0.3, -0.25) is 0 Å². The second-order valence-corrected chi connectivity index (χ2v) is 3.66. The molecule has 3 heteroatoms. The molecule has 0 bridgehead atoms.